The largest absolute Gasteiger partial charge is 0.433 e. The van der Waals surface area contributed by atoms with Crippen LogP contribution < -0.4 is 0 Å². The molecule has 0 aliphatic carbocycles. The number of piperidine rings is 1. The van der Waals surface area contributed by atoms with E-state index in [0.717, 1.165) is 12.5 Å². The Bertz CT molecular complexity index is 841. The molecule has 5 rings (SSSR count). The van der Waals surface area contributed by atoms with Crippen molar-refractivity contribution in [1.29, 1.82) is 0 Å². The molecule has 3 aliphatic heterocycles. The molecule has 2 unspecified atom stereocenters. The molecule has 1 amide bonds. The van der Waals surface area contributed by atoms with Crippen molar-refractivity contribution in [2.45, 2.75) is 31.2 Å². The van der Waals surface area contributed by atoms with E-state index in [0.29, 0.717) is 25.2 Å². The molecular weight excluding hydrogens is 362 g/mol. The van der Waals surface area contributed by atoms with Gasteiger partial charge in [-0.15, -0.1) is 0 Å². The topological polar surface area (TPSA) is 36.4 Å². The van der Waals surface area contributed by atoms with Gasteiger partial charge in [-0.05, 0) is 30.2 Å². The minimum absolute atomic E-state index is 0.00161. The van der Waals surface area contributed by atoms with Crippen molar-refractivity contribution in [2.24, 2.45) is 0 Å². The number of hydrogen-bond acceptors (Lipinski definition) is 3. The van der Waals surface area contributed by atoms with Crippen LogP contribution in [0.4, 0.5) is 17.6 Å². The van der Waals surface area contributed by atoms with Gasteiger partial charge in [-0.2, -0.15) is 13.2 Å². The number of carbonyl (C=O) groups is 1. The monoisotopic (exact) mass is 379 g/mol. The second-order valence-corrected chi connectivity index (χ2v) is 6.98. The summed E-state index contributed by atoms with van der Waals surface area (Å²) < 4.78 is 51.6. The van der Waals surface area contributed by atoms with Crippen molar-refractivity contribution in [3.05, 3.63) is 65.2 Å². The molecule has 0 saturated carbocycles. The zero-order valence-corrected chi connectivity index (χ0v) is 14.3. The highest BCUT2D eigenvalue weighted by Gasteiger charge is 2.47. The summed E-state index contributed by atoms with van der Waals surface area (Å²) in [7, 11) is 0. The fourth-order valence-corrected chi connectivity index (χ4v) is 3.88. The van der Waals surface area contributed by atoms with Crippen molar-refractivity contribution in [3.63, 3.8) is 0 Å². The van der Waals surface area contributed by atoms with Gasteiger partial charge in [0.2, 0.25) is 0 Å². The number of carbonyl (C=O) groups excluding carboxylic acids is 1. The number of alkyl halides is 3. The summed E-state index contributed by atoms with van der Waals surface area (Å²) in [6.45, 7) is 1.69. The van der Waals surface area contributed by atoms with Gasteiger partial charge in [-0.25, -0.2) is 4.39 Å². The van der Waals surface area contributed by atoms with E-state index in [1.54, 1.807) is 17.0 Å². The molecule has 4 heterocycles. The van der Waals surface area contributed by atoms with Crippen LogP contribution in [0.25, 0.3) is 0 Å². The first-order chi connectivity index (χ1) is 12.8. The number of aromatic nitrogens is 1. The van der Waals surface area contributed by atoms with E-state index in [9.17, 15) is 22.4 Å². The Morgan fingerprint density at radius 3 is 2.41 bits per heavy atom. The van der Waals surface area contributed by atoms with E-state index in [2.05, 4.69) is 9.88 Å². The summed E-state index contributed by atoms with van der Waals surface area (Å²) in [4.78, 5) is 19.9. The van der Waals surface area contributed by atoms with Gasteiger partial charge in [0.05, 0.1) is 5.56 Å². The molecule has 8 heteroatoms. The molecule has 3 aliphatic rings. The van der Waals surface area contributed by atoms with Gasteiger partial charge < -0.3 is 4.90 Å². The fourth-order valence-electron chi connectivity index (χ4n) is 3.88. The summed E-state index contributed by atoms with van der Waals surface area (Å²) in [5.74, 6) is -0.828. The van der Waals surface area contributed by atoms with Gasteiger partial charge in [-0.1, -0.05) is 18.2 Å². The van der Waals surface area contributed by atoms with Gasteiger partial charge in [0.25, 0.3) is 5.91 Å². The summed E-state index contributed by atoms with van der Waals surface area (Å²) in [5.41, 5.74) is -0.140. The van der Waals surface area contributed by atoms with Gasteiger partial charge in [0, 0.05) is 37.9 Å². The number of pyridine rings is 1. The Balaban J connectivity index is 1.39. The fraction of sp³-hybridized carbons (Fsp3) is 0.368. The van der Waals surface area contributed by atoms with Crippen LogP contribution >= 0.6 is 0 Å². The molecule has 0 N–H and O–H groups in total. The SMILES string of the molecule is O=C(c1ccccc1F)N1C2CC1CN(Cc1ccc(C(F)(F)F)nc1)C2. The van der Waals surface area contributed by atoms with Crippen LogP contribution in [0.3, 0.4) is 0 Å². The highest BCUT2D eigenvalue weighted by molar-refractivity contribution is 5.95. The molecular formula is C19H17F4N3O. The molecule has 2 aromatic rings. The quantitative estimate of drug-likeness (QED) is 0.768. The van der Waals surface area contributed by atoms with Gasteiger partial charge in [0.15, 0.2) is 0 Å². The molecule has 0 spiro atoms. The molecule has 1 aromatic heterocycles. The molecule has 0 radical (unpaired) electrons. The maximum absolute atomic E-state index is 13.9. The van der Waals surface area contributed by atoms with E-state index in [1.807, 2.05) is 0 Å². The first kappa shape index (κ1) is 17.9. The third kappa shape index (κ3) is 3.41. The molecule has 142 valence electrons. The van der Waals surface area contributed by atoms with Crippen molar-refractivity contribution in [1.82, 2.24) is 14.8 Å². The van der Waals surface area contributed by atoms with Crippen molar-refractivity contribution >= 4 is 5.91 Å². The second kappa shape index (κ2) is 6.60. The molecule has 2 bridgehead atoms. The average Bonchev–Trinajstić information content (AvgIpc) is 2.61. The maximum Gasteiger partial charge on any atom is 0.433 e. The van der Waals surface area contributed by atoms with Gasteiger partial charge >= 0.3 is 6.18 Å². The van der Waals surface area contributed by atoms with E-state index >= 15 is 0 Å². The zero-order valence-electron chi connectivity index (χ0n) is 14.3. The minimum atomic E-state index is -4.45. The van der Waals surface area contributed by atoms with Crippen LogP contribution in [0.1, 0.15) is 28.0 Å². The third-order valence-electron chi connectivity index (χ3n) is 5.13. The Kier molecular flexibility index (Phi) is 4.38. The van der Waals surface area contributed by atoms with Crippen LogP contribution in [0.5, 0.6) is 0 Å². The number of nitrogens with zero attached hydrogens (tertiary/aromatic N) is 3. The number of halogens is 4. The number of benzene rings is 1. The average molecular weight is 379 g/mol. The lowest BCUT2D eigenvalue weighted by molar-refractivity contribution is -0.141. The molecule has 2 atom stereocenters. The van der Waals surface area contributed by atoms with E-state index in [-0.39, 0.29) is 23.6 Å². The maximum atomic E-state index is 13.9. The third-order valence-corrected chi connectivity index (χ3v) is 5.13. The highest BCUT2D eigenvalue weighted by atomic mass is 19.4. The lowest BCUT2D eigenvalue weighted by atomic mass is 9.86. The summed E-state index contributed by atoms with van der Waals surface area (Å²) in [6.07, 6.45) is -2.34. The lowest BCUT2D eigenvalue weighted by Crippen LogP contribution is -2.69. The zero-order chi connectivity index (χ0) is 19.2. The number of amides is 1. The summed E-state index contributed by atoms with van der Waals surface area (Å²) >= 11 is 0. The molecule has 27 heavy (non-hydrogen) atoms. The smallest absolute Gasteiger partial charge is 0.330 e. The van der Waals surface area contributed by atoms with Crippen molar-refractivity contribution in [3.8, 4) is 0 Å². The van der Waals surface area contributed by atoms with Crippen LogP contribution in [0.2, 0.25) is 0 Å². The molecule has 4 nitrogen and oxygen atoms in total. The van der Waals surface area contributed by atoms with E-state index in [4.69, 9.17) is 0 Å². The minimum Gasteiger partial charge on any atom is -0.330 e. The predicted octanol–water partition coefficient (Wildman–Crippen LogP) is 3.34. The summed E-state index contributed by atoms with van der Waals surface area (Å²) in [6, 6.07) is 8.34. The van der Waals surface area contributed by atoms with Crippen LogP contribution in [-0.4, -0.2) is 45.9 Å². The van der Waals surface area contributed by atoms with E-state index < -0.39 is 17.7 Å². The highest BCUT2D eigenvalue weighted by Crippen LogP contribution is 2.35. The molecule has 1 aromatic carbocycles. The molecule has 3 fully saturated rings. The Hall–Kier alpha value is -2.48. The summed E-state index contributed by atoms with van der Waals surface area (Å²) in [5, 5.41) is 0. The van der Waals surface area contributed by atoms with Gasteiger partial charge in [-0.3, -0.25) is 14.7 Å². The standard InChI is InChI=1S/C19H17F4N3O/c20-16-4-2-1-3-15(16)18(27)26-13-7-14(26)11-25(10-13)9-12-5-6-17(24-8-12)19(21,22)23/h1-6,8,13-14H,7,9-11H2. The second-order valence-electron chi connectivity index (χ2n) is 6.98. The number of fused-ring (bicyclic) bond motifs is 2. The van der Waals surface area contributed by atoms with Gasteiger partial charge in [0.1, 0.15) is 11.5 Å². The number of piperazine rings is 1. The van der Waals surface area contributed by atoms with Crippen LogP contribution in [0, 0.1) is 5.82 Å². The molecule has 3 saturated heterocycles. The van der Waals surface area contributed by atoms with Crippen LogP contribution in [0.15, 0.2) is 42.6 Å². The first-order valence-electron chi connectivity index (χ1n) is 8.64. The first-order valence-corrected chi connectivity index (χ1v) is 8.64. The van der Waals surface area contributed by atoms with E-state index in [1.165, 1.54) is 24.4 Å². The Morgan fingerprint density at radius 2 is 1.81 bits per heavy atom. The van der Waals surface area contributed by atoms with Crippen molar-refractivity contribution in [2.75, 3.05) is 13.1 Å². The Labute approximate surface area is 153 Å². The van der Waals surface area contributed by atoms with Crippen molar-refractivity contribution < 1.29 is 22.4 Å². The normalized spacial score (nSPS) is 22.4. The number of rotatable bonds is 3. The predicted molar refractivity (Wildman–Crippen MR) is 89.3 cm³/mol. The van der Waals surface area contributed by atoms with Crippen LogP contribution in [-0.2, 0) is 12.7 Å². The number of hydrogen-bond donors (Lipinski definition) is 0. The Morgan fingerprint density at radius 1 is 1.11 bits per heavy atom. The lowest BCUT2D eigenvalue weighted by Gasteiger charge is -2.56.